The van der Waals surface area contributed by atoms with Crippen molar-refractivity contribution in [2.75, 3.05) is 38.1 Å². The number of esters is 1. The molecule has 0 aliphatic carbocycles. The van der Waals surface area contributed by atoms with Crippen molar-refractivity contribution in [3.8, 4) is 0 Å². The number of piperazine rings is 1. The summed E-state index contributed by atoms with van der Waals surface area (Å²) in [5, 5.41) is 2.86. The predicted octanol–water partition coefficient (Wildman–Crippen LogP) is 1.38. The van der Waals surface area contributed by atoms with Gasteiger partial charge in [-0.05, 0) is 30.3 Å². The van der Waals surface area contributed by atoms with Crippen LogP contribution in [-0.2, 0) is 24.3 Å². The third-order valence-corrected chi connectivity index (χ3v) is 6.84. The lowest BCUT2D eigenvalue weighted by atomic mass is 10.2. The molecule has 1 saturated heterocycles. The standard InChI is InChI=1S/C20H21ClN4O6S/c1-14(26)24-7-9-25(10-8-24)32(29,30)17-4-2-3-15(11-17)20(28)31-13-19(27)23-18-6-5-16(21)12-22-18/h2-6,11-12H,7-10,13H2,1H3,(H,22,23,27). The molecule has 2 amide bonds. The van der Waals surface area contributed by atoms with Crippen molar-refractivity contribution in [2.45, 2.75) is 11.8 Å². The summed E-state index contributed by atoms with van der Waals surface area (Å²) in [6, 6.07) is 8.44. The molecular weight excluding hydrogens is 460 g/mol. The molecule has 3 rings (SSSR count). The summed E-state index contributed by atoms with van der Waals surface area (Å²) in [4.78, 5) is 41.1. The number of carbonyl (C=O) groups excluding carboxylic acids is 3. The van der Waals surface area contributed by atoms with Gasteiger partial charge in [0.15, 0.2) is 6.61 Å². The largest absolute Gasteiger partial charge is 0.452 e. The number of benzene rings is 1. The minimum Gasteiger partial charge on any atom is -0.452 e. The van der Waals surface area contributed by atoms with Gasteiger partial charge in [0.05, 0.1) is 15.5 Å². The van der Waals surface area contributed by atoms with Gasteiger partial charge in [-0.2, -0.15) is 4.31 Å². The molecule has 0 bridgehead atoms. The van der Waals surface area contributed by atoms with Crippen molar-refractivity contribution in [3.05, 3.63) is 53.2 Å². The first kappa shape index (κ1) is 23.6. The number of ether oxygens (including phenoxy) is 1. The number of hydrogen-bond acceptors (Lipinski definition) is 7. The Labute approximate surface area is 190 Å². The van der Waals surface area contributed by atoms with Crippen molar-refractivity contribution in [3.63, 3.8) is 0 Å². The Hall–Kier alpha value is -3.02. The molecule has 0 unspecified atom stereocenters. The molecule has 1 aliphatic heterocycles. The monoisotopic (exact) mass is 480 g/mol. The average Bonchev–Trinajstić information content (AvgIpc) is 2.79. The number of aromatic nitrogens is 1. The van der Waals surface area contributed by atoms with E-state index in [0.29, 0.717) is 18.1 Å². The molecule has 12 heteroatoms. The summed E-state index contributed by atoms with van der Waals surface area (Å²) in [6.07, 6.45) is 1.36. The lowest BCUT2D eigenvalue weighted by Gasteiger charge is -2.33. The molecule has 10 nitrogen and oxygen atoms in total. The molecule has 0 atom stereocenters. The van der Waals surface area contributed by atoms with Crippen LogP contribution in [0.1, 0.15) is 17.3 Å². The Morgan fingerprint density at radius 3 is 2.47 bits per heavy atom. The van der Waals surface area contributed by atoms with Crippen LogP contribution < -0.4 is 5.32 Å². The molecule has 1 N–H and O–H groups in total. The molecule has 1 aliphatic rings. The molecule has 0 saturated carbocycles. The van der Waals surface area contributed by atoms with Crippen molar-refractivity contribution >= 4 is 45.2 Å². The van der Waals surface area contributed by atoms with E-state index in [4.69, 9.17) is 16.3 Å². The van der Waals surface area contributed by atoms with Crippen LogP contribution in [0.2, 0.25) is 5.02 Å². The van der Waals surface area contributed by atoms with Crippen LogP contribution in [0.25, 0.3) is 0 Å². The third kappa shape index (κ3) is 5.81. The van der Waals surface area contributed by atoms with E-state index in [9.17, 15) is 22.8 Å². The van der Waals surface area contributed by atoms with Crippen molar-refractivity contribution in [1.29, 1.82) is 0 Å². The maximum absolute atomic E-state index is 12.9. The first-order valence-corrected chi connectivity index (χ1v) is 11.4. The Morgan fingerprint density at radius 2 is 1.84 bits per heavy atom. The van der Waals surface area contributed by atoms with Crippen LogP contribution in [-0.4, -0.2) is 73.2 Å². The molecule has 0 spiro atoms. The van der Waals surface area contributed by atoms with Crippen molar-refractivity contribution in [2.24, 2.45) is 0 Å². The second-order valence-electron chi connectivity index (χ2n) is 6.92. The van der Waals surface area contributed by atoms with Crippen LogP contribution in [0.4, 0.5) is 5.82 Å². The van der Waals surface area contributed by atoms with Gasteiger partial charge < -0.3 is 15.0 Å². The number of hydrogen-bond donors (Lipinski definition) is 1. The van der Waals surface area contributed by atoms with E-state index >= 15 is 0 Å². The second kappa shape index (κ2) is 10.1. The van der Waals surface area contributed by atoms with E-state index in [1.54, 1.807) is 11.0 Å². The van der Waals surface area contributed by atoms with E-state index in [1.807, 2.05) is 0 Å². The van der Waals surface area contributed by atoms with Crippen LogP contribution in [0, 0.1) is 0 Å². The minimum atomic E-state index is -3.85. The van der Waals surface area contributed by atoms with Gasteiger partial charge in [0.2, 0.25) is 15.9 Å². The van der Waals surface area contributed by atoms with E-state index in [-0.39, 0.29) is 35.3 Å². The van der Waals surface area contributed by atoms with Gasteiger partial charge in [0.1, 0.15) is 5.82 Å². The average molecular weight is 481 g/mol. The number of nitrogens with zero attached hydrogens (tertiary/aromatic N) is 3. The molecule has 2 aromatic rings. The fourth-order valence-electron chi connectivity index (χ4n) is 3.02. The molecule has 1 fully saturated rings. The highest BCUT2D eigenvalue weighted by Gasteiger charge is 2.29. The number of halogens is 1. The minimum absolute atomic E-state index is 0.00846. The lowest BCUT2D eigenvalue weighted by molar-refractivity contribution is -0.130. The van der Waals surface area contributed by atoms with Gasteiger partial charge in [0, 0.05) is 39.3 Å². The first-order chi connectivity index (χ1) is 15.2. The summed E-state index contributed by atoms with van der Waals surface area (Å²) >= 11 is 5.73. The Bertz CT molecular complexity index is 1120. The third-order valence-electron chi connectivity index (χ3n) is 4.72. The highest BCUT2D eigenvalue weighted by molar-refractivity contribution is 7.89. The predicted molar refractivity (Wildman–Crippen MR) is 116 cm³/mol. The smallest absolute Gasteiger partial charge is 0.338 e. The van der Waals surface area contributed by atoms with Gasteiger partial charge in [-0.1, -0.05) is 17.7 Å². The first-order valence-electron chi connectivity index (χ1n) is 9.61. The van der Waals surface area contributed by atoms with Crippen LogP contribution in [0.5, 0.6) is 0 Å². The fourth-order valence-corrected chi connectivity index (χ4v) is 4.60. The van der Waals surface area contributed by atoms with Crippen LogP contribution in [0.15, 0.2) is 47.5 Å². The Kier molecular flexibility index (Phi) is 7.44. The number of rotatable bonds is 6. The topological polar surface area (TPSA) is 126 Å². The van der Waals surface area contributed by atoms with E-state index in [2.05, 4.69) is 10.3 Å². The number of carbonyl (C=O) groups is 3. The summed E-state index contributed by atoms with van der Waals surface area (Å²) in [5.41, 5.74) is -0.00846. The molecule has 1 aromatic carbocycles. The van der Waals surface area contributed by atoms with Crippen molar-refractivity contribution < 1.29 is 27.5 Å². The normalized spacial score (nSPS) is 14.6. The fraction of sp³-hybridized carbons (Fsp3) is 0.300. The number of amides is 2. The zero-order valence-corrected chi connectivity index (χ0v) is 18.7. The molecule has 2 heterocycles. The van der Waals surface area contributed by atoms with Crippen LogP contribution >= 0.6 is 11.6 Å². The van der Waals surface area contributed by atoms with Crippen molar-refractivity contribution in [1.82, 2.24) is 14.2 Å². The molecule has 32 heavy (non-hydrogen) atoms. The summed E-state index contributed by atoms with van der Waals surface area (Å²) < 4.78 is 32.1. The molecule has 170 valence electrons. The van der Waals surface area contributed by atoms with E-state index in [0.717, 1.165) is 0 Å². The summed E-state index contributed by atoms with van der Waals surface area (Å²) in [5.74, 6) is -1.32. The van der Waals surface area contributed by atoms with Gasteiger partial charge >= 0.3 is 5.97 Å². The van der Waals surface area contributed by atoms with Crippen LogP contribution in [0.3, 0.4) is 0 Å². The van der Waals surface area contributed by atoms with Gasteiger partial charge in [-0.15, -0.1) is 0 Å². The molecule has 1 aromatic heterocycles. The van der Waals surface area contributed by atoms with E-state index < -0.39 is 28.5 Å². The number of sulfonamides is 1. The summed E-state index contributed by atoms with van der Waals surface area (Å²) in [7, 11) is -3.85. The lowest BCUT2D eigenvalue weighted by Crippen LogP contribution is -2.49. The highest BCUT2D eigenvalue weighted by Crippen LogP contribution is 2.19. The SMILES string of the molecule is CC(=O)N1CCN(S(=O)(=O)c2cccc(C(=O)OCC(=O)Nc3ccc(Cl)cn3)c2)CC1. The van der Waals surface area contributed by atoms with Gasteiger partial charge in [0.25, 0.3) is 5.91 Å². The summed E-state index contributed by atoms with van der Waals surface area (Å²) in [6.45, 7) is 1.78. The van der Waals surface area contributed by atoms with E-state index in [1.165, 1.54) is 47.8 Å². The molecular formula is C20H21ClN4O6S. The van der Waals surface area contributed by atoms with Gasteiger partial charge in [-0.25, -0.2) is 18.2 Å². The number of pyridine rings is 1. The number of anilines is 1. The quantitative estimate of drug-likeness (QED) is 0.619. The zero-order valence-electron chi connectivity index (χ0n) is 17.2. The Morgan fingerprint density at radius 1 is 1.12 bits per heavy atom. The highest BCUT2D eigenvalue weighted by atomic mass is 35.5. The molecule has 0 radical (unpaired) electrons. The second-order valence-corrected chi connectivity index (χ2v) is 9.30. The maximum Gasteiger partial charge on any atom is 0.338 e. The number of nitrogens with one attached hydrogen (secondary N) is 1. The zero-order chi connectivity index (χ0) is 23.3. The Balaban J connectivity index is 1.61. The maximum atomic E-state index is 12.9. The van der Waals surface area contributed by atoms with Gasteiger partial charge in [-0.3, -0.25) is 9.59 Å².